The summed E-state index contributed by atoms with van der Waals surface area (Å²) in [6.45, 7) is 12.8. The van der Waals surface area contributed by atoms with Gasteiger partial charge >= 0.3 is 0 Å². The number of nitrogens with zero attached hydrogens (tertiary/aromatic N) is 3. The van der Waals surface area contributed by atoms with Crippen LogP contribution in [0.15, 0.2) is 60.1 Å². The van der Waals surface area contributed by atoms with E-state index in [9.17, 15) is 4.79 Å². The van der Waals surface area contributed by atoms with Gasteiger partial charge in [-0.05, 0) is 75.4 Å². The number of imidazole rings is 1. The maximum atomic E-state index is 12.7. The van der Waals surface area contributed by atoms with E-state index in [1.54, 1.807) is 6.20 Å². The van der Waals surface area contributed by atoms with E-state index in [4.69, 9.17) is 0 Å². The number of hydrogen-bond donors (Lipinski definition) is 4. The Labute approximate surface area is 230 Å². The molecule has 4 N–H and O–H groups in total. The van der Waals surface area contributed by atoms with Gasteiger partial charge in [-0.15, -0.1) is 0 Å². The number of aromatic amines is 2. The van der Waals surface area contributed by atoms with E-state index >= 15 is 0 Å². The van der Waals surface area contributed by atoms with Crippen molar-refractivity contribution in [3.05, 3.63) is 76.9 Å². The normalized spacial score (nSPS) is 11.7. The maximum Gasteiger partial charge on any atom is 0.269 e. The van der Waals surface area contributed by atoms with Crippen LogP contribution < -0.4 is 10.6 Å². The Hall–Kier alpha value is -4.04. The molecule has 0 radical (unpaired) electrons. The summed E-state index contributed by atoms with van der Waals surface area (Å²) in [5.74, 6) is 0.352. The van der Waals surface area contributed by atoms with Crippen LogP contribution in [0.2, 0.25) is 0 Å². The lowest BCUT2D eigenvalue weighted by Gasteiger charge is -2.13. The number of benzene rings is 1. The molecule has 4 rings (SSSR count). The number of hydrogen-bond acceptors (Lipinski definition) is 5. The lowest BCUT2D eigenvalue weighted by atomic mass is 9.95. The molecule has 0 spiro atoms. The third-order valence-corrected chi connectivity index (χ3v) is 6.79. The van der Waals surface area contributed by atoms with E-state index in [1.807, 2.05) is 18.5 Å². The van der Waals surface area contributed by atoms with Crippen molar-refractivity contribution >= 4 is 16.8 Å². The summed E-state index contributed by atoms with van der Waals surface area (Å²) in [5, 5.41) is 14.9. The Morgan fingerprint density at radius 3 is 2.69 bits per heavy atom. The summed E-state index contributed by atoms with van der Waals surface area (Å²) in [7, 11) is 0. The Morgan fingerprint density at radius 2 is 1.92 bits per heavy atom. The lowest BCUT2D eigenvalue weighted by molar-refractivity contribution is 0.0953. The number of amides is 1. The smallest absolute Gasteiger partial charge is 0.269 e. The summed E-state index contributed by atoms with van der Waals surface area (Å²) in [6, 6.07) is 6.24. The van der Waals surface area contributed by atoms with Gasteiger partial charge < -0.3 is 15.6 Å². The summed E-state index contributed by atoms with van der Waals surface area (Å²) >= 11 is 0. The molecule has 0 fully saturated rings. The predicted octanol–water partition coefficient (Wildman–Crippen LogP) is 6.11. The average molecular weight is 526 g/mol. The zero-order valence-electron chi connectivity index (χ0n) is 23.6. The van der Waals surface area contributed by atoms with Crippen LogP contribution in [-0.2, 0) is 13.0 Å². The van der Waals surface area contributed by atoms with Crippen LogP contribution in [0.5, 0.6) is 0 Å². The first-order chi connectivity index (χ1) is 18.9. The van der Waals surface area contributed by atoms with Gasteiger partial charge in [-0.1, -0.05) is 43.2 Å². The van der Waals surface area contributed by atoms with Crippen molar-refractivity contribution in [2.24, 2.45) is 0 Å². The molecule has 0 aliphatic carbocycles. The fourth-order valence-corrected chi connectivity index (χ4v) is 4.63. The Bertz CT molecular complexity index is 1490. The van der Waals surface area contributed by atoms with Gasteiger partial charge in [0.25, 0.3) is 5.91 Å². The molecule has 8 heteroatoms. The van der Waals surface area contributed by atoms with Crippen LogP contribution in [0.1, 0.15) is 69.1 Å². The Balaban J connectivity index is 1.52. The first-order valence-electron chi connectivity index (χ1n) is 13.7. The first kappa shape index (κ1) is 28.0. The van der Waals surface area contributed by atoms with Crippen molar-refractivity contribution in [2.45, 2.75) is 60.4 Å². The fraction of sp³-hybridized carbons (Fsp3) is 0.355. The molecule has 0 aliphatic heterocycles. The van der Waals surface area contributed by atoms with E-state index in [-0.39, 0.29) is 5.91 Å². The Morgan fingerprint density at radius 1 is 1.08 bits per heavy atom. The van der Waals surface area contributed by atoms with Gasteiger partial charge in [-0.2, -0.15) is 5.10 Å². The van der Waals surface area contributed by atoms with Gasteiger partial charge in [-0.25, -0.2) is 4.98 Å². The molecule has 4 aromatic rings. The molecule has 0 aliphatic rings. The van der Waals surface area contributed by atoms with E-state index in [1.165, 1.54) is 22.3 Å². The molecule has 0 saturated carbocycles. The minimum Gasteiger partial charge on any atom is -0.347 e. The molecular weight excluding hydrogens is 486 g/mol. The largest absolute Gasteiger partial charge is 0.347 e. The van der Waals surface area contributed by atoms with Crippen molar-refractivity contribution < 1.29 is 4.79 Å². The van der Waals surface area contributed by atoms with Crippen LogP contribution in [0.25, 0.3) is 33.5 Å². The van der Waals surface area contributed by atoms with Crippen molar-refractivity contribution in [2.75, 3.05) is 13.1 Å². The monoisotopic (exact) mass is 525 g/mol. The molecule has 3 heterocycles. The van der Waals surface area contributed by atoms with Gasteiger partial charge in [0.2, 0.25) is 0 Å². The third kappa shape index (κ3) is 6.89. The summed E-state index contributed by atoms with van der Waals surface area (Å²) in [4.78, 5) is 24.9. The highest BCUT2D eigenvalue weighted by Crippen LogP contribution is 2.32. The number of nitrogens with one attached hydrogen (secondary N) is 4. The number of carbonyl (C=O) groups excluding carboxylic acids is 1. The zero-order valence-corrected chi connectivity index (χ0v) is 23.6. The van der Waals surface area contributed by atoms with Crippen molar-refractivity contribution in [1.29, 1.82) is 0 Å². The molecule has 0 atom stereocenters. The van der Waals surface area contributed by atoms with E-state index in [2.05, 4.69) is 94.7 Å². The number of carbonyl (C=O) groups is 1. The zero-order chi connectivity index (χ0) is 27.8. The second-order valence-electron chi connectivity index (χ2n) is 10.0. The summed E-state index contributed by atoms with van der Waals surface area (Å²) in [5.41, 5.74) is 9.25. The van der Waals surface area contributed by atoms with Gasteiger partial charge in [0.05, 0.1) is 11.7 Å². The molecule has 3 aromatic heterocycles. The van der Waals surface area contributed by atoms with Crippen LogP contribution in [-0.4, -0.2) is 44.1 Å². The highest BCUT2D eigenvalue weighted by molar-refractivity contribution is 5.96. The topological polar surface area (TPSA) is 111 Å². The van der Waals surface area contributed by atoms with Gasteiger partial charge in [0, 0.05) is 36.4 Å². The molecule has 1 amide bonds. The number of pyridine rings is 1. The number of aromatic nitrogens is 5. The quantitative estimate of drug-likeness (QED) is 0.167. The highest BCUT2D eigenvalue weighted by Gasteiger charge is 2.17. The minimum absolute atomic E-state index is 0.196. The van der Waals surface area contributed by atoms with E-state index < -0.39 is 0 Å². The van der Waals surface area contributed by atoms with Crippen molar-refractivity contribution in [1.82, 2.24) is 35.8 Å². The molecule has 39 heavy (non-hydrogen) atoms. The average Bonchev–Trinajstić information content (AvgIpc) is 3.58. The van der Waals surface area contributed by atoms with Crippen molar-refractivity contribution in [3.63, 3.8) is 0 Å². The summed E-state index contributed by atoms with van der Waals surface area (Å²) < 4.78 is 0. The van der Waals surface area contributed by atoms with Crippen molar-refractivity contribution in [3.8, 4) is 22.6 Å². The van der Waals surface area contributed by atoms with Crippen LogP contribution in [0.3, 0.4) is 0 Å². The molecular formula is C31H39N7O. The van der Waals surface area contributed by atoms with E-state index in [0.717, 1.165) is 54.4 Å². The fourth-order valence-electron chi connectivity index (χ4n) is 4.63. The maximum absolute atomic E-state index is 12.7. The van der Waals surface area contributed by atoms with Crippen LogP contribution in [0.4, 0.5) is 0 Å². The number of fused-ring (bicyclic) bond motifs is 1. The van der Waals surface area contributed by atoms with Gasteiger partial charge in [-0.3, -0.25) is 14.9 Å². The first-order valence-corrected chi connectivity index (χ1v) is 13.7. The second kappa shape index (κ2) is 13.2. The van der Waals surface area contributed by atoms with E-state index in [0.29, 0.717) is 23.8 Å². The van der Waals surface area contributed by atoms with Crippen LogP contribution >= 0.6 is 0 Å². The molecule has 1 aromatic carbocycles. The lowest BCUT2D eigenvalue weighted by Crippen LogP contribution is -2.23. The number of rotatable bonds is 12. The van der Waals surface area contributed by atoms with Gasteiger partial charge in [0.1, 0.15) is 11.4 Å². The van der Waals surface area contributed by atoms with Crippen LogP contribution in [0, 0.1) is 0 Å². The molecule has 0 saturated heterocycles. The molecule has 8 nitrogen and oxygen atoms in total. The number of allylic oxidation sites excluding steroid dienone is 3. The Kier molecular flexibility index (Phi) is 9.44. The predicted molar refractivity (Wildman–Crippen MR) is 158 cm³/mol. The summed E-state index contributed by atoms with van der Waals surface area (Å²) in [6.07, 6.45) is 12.6. The highest BCUT2D eigenvalue weighted by atomic mass is 16.1. The number of H-pyrrole nitrogens is 2. The van der Waals surface area contributed by atoms with Gasteiger partial charge in [0.15, 0.2) is 5.82 Å². The standard InChI is InChI=1S/C31H39N7O/c1-6-24-23(16-32-7-2)17-33-18-26(24)22-11-12-27-25(15-22)29(38-37-27)30-35-19-28(36-30)31(39)34-14-13-21(5)10-8-9-20(3)4/h9,11-13,15,17-19,32H,6-8,10,14,16H2,1-5H3,(H,34,39)(H,35,36)(H,37,38)/b21-13+. The molecule has 204 valence electrons. The third-order valence-electron chi connectivity index (χ3n) is 6.79. The molecule has 0 bridgehead atoms. The second-order valence-corrected chi connectivity index (χ2v) is 10.0. The minimum atomic E-state index is -0.196. The molecule has 0 unspecified atom stereocenters. The SMILES string of the molecule is CCNCc1cncc(-c2ccc3[nH]nc(-c4ncc(C(=O)NC/C=C(\C)CCC=C(C)C)[nH]4)c3c2)c1CC.